The molecular weight excluding hydrogens is 291 g/mol. The zero-order valence-corrected chi connectivity index (χ0v) is 12.0. The minimum Gasteiger partial charge on any atom is -0.337 e. The average molecular weight is 304 g/mol. The Morgan fingerprint density at radius 1 is 1.27 bits per heavy atom. The molecule has 114 valence electrons. The van der Waals surface area contributed by atoms with Gasteiger partial charge in [-0.25, -0.2) is 9.18 Å². The minimum absolute atomic E-state index is 0.0828. The largest absolute Gasteiger partial charge is 0.337 e. The van der Waals surface area contributed by atoms with Crippen LogP contribution in [-0.4, -0.2) is 33.0 Å². The summed E-state index contributed by atoms with van der Waals surface area (Å²) in [5, 5.41) is 3.62. The van der Waals surface area contributed by atoms with Gasteiger partial charge in [-0.15, -0.1) is 0 Å². The lowest BCUT2D eigenvalue weighted by Crippen LogP contribution is -2.33. The van der Waals surface area contributed by atoms with E-state index in [1.54, 1.807) is 13.8 Å². The number of hydrogen-bond donors (Lipinski definition) is 0. The van der Waals surface area contributed by atoms with Crippen molar-refractivity contribution in [2.24, 2.45) is 0 Å². The quantitative estimate of drug-likeness (QED) is 0.809. The molecule has 0 saturated carbocycles. The molecule has 0 N–H and O–H groups in total. The number of benzene rings is 1. The number of aryl methyl sites for hydroxylation is 1. The highest BCUT2D eigenvalue weighted by Crippen LogP contribution is 2.26. The fraction of sp³-hybridized carbons (Fsp3) is 0.286. The van der Waals surface area contributed by atoms with E-state index in [2.05, 4.69) is 10.1 Å². The molecule has 1 atom stereocenters. The van der Waals surface area contributed by atoms with Crippen LogP contribution in [0.4, 0.5) is 14.9 Å². The number of nitrogens with zero attached hydrogens (tertiary/aromatic N) is 4. The molecule has 8 heteroatoms. The Hall–Kier alpha value is -2.77. The Kier molecular flexibility index (Phi) is 3.36. The maximum Gasteiger partial charge on any atom is 0.332 e. The normalized spacial score (nSPS) is 18.4. The Morgan fingerprint density at radius 3 is 2.55 bits per heavy atom. The lowest BCUT2D eigenvalue weighted by atomic mass is 10.2. The molecule has 1 aliphatic heterocycles. The first-order chi connectivity index (χ1) is 10.5. The fourth-order valence-corrected chi connectivity index (χ4v) is 2.35. The number of imide groups is 1. The van der Waals surface area contributed by atoms with Crippen LogP contribution in [0, 0.1) is 12.7 Å². The Morgan fingerprint density at radius 2 is 1.95 bits per heavy atom. The van der Waals surface area contributed by atoms with Crippen molar-refractivity contribution in [3.63, 3.8) is 0 Å². The first kappa shape index (κ1) is 14.2. The van der Waals surface area contributed by atoms with Gasteiger partial charge in [0.15, 0.2) is 5.82 Å². The summed E-state index contributed by atoms with van der Waals surface area (Å²) in [7, 11) is 0. The molecule has 3 amide bonds. The second kappa shape index (κ2) is 5.21. The molecule has 0 bridgehead atoms. The van der Waals surface area contributed by atoms with Gasteiger partial charge in [0.1, 0.15) is 18.4 Å². The molecule has 1 saturated heterocycles. The van der Waals surface area contributed by atoms with Crippen LogP contribution in [0.15, 0.2) is 28.8 Å². The van der Waals surface area contributed by atoms with Crippen LogP contribution < -0.4 is 4.90 Å². The highest BCUT2D eigenvalue weighted by molar-refractivity contribution is 6.13. The number of urea groups is 1. The van der Waals surface area contributed by atoms with E-state index in [1.807, 2.05) is 0 Å². The average Bonchev–Trinajstić information content (AvgIpc) is 2.98. The molecule has 0 spiro atoms. The van der Waals surface area contributed by atoms with Gasteiger partial charge in [0.2, 0.25) is 5.89 Å². The van der Waals surface area contributed by atoms with Crippen molar-refractivity contribution in [1.82, 2.24) is 15.0 Å². The van der Waals surface area contributed by atoms with Crippen molar-refractivity contribution >= 4 is 17.6 Å². The van der Waals surface area contributed by atoms with Crippen molar-refractivity contribution in [3.05, 3.63) is 41.8 Å². The van der Waals surface area contributed by atoms with Crippen LogP contribution in [0.25, 0.3) is 0 Å². The molecule has 1 aliphatic rings. The van der Waals surface area contributed by atoms with Crippen molar-refractivity contribution in [2.45, 2.75) is 26.4 Å². The summed E-state index contributed by atoms with van der Waals surface area (Å²) in [5.41, 5.74) is 0.455. The van der Waals surface area contributed by atoms with Gasteiger partial charge in [0.25, 0.3) is 5.91 Å². The number of anilines is 1. The van der Waals surface area contributed by atoms with E-state index in [9.17, 15) is 14.0 Å². The summed E-state index contributed by atoms with van der Waals surface area (Å²) in [6.45, 7) is 3.18. The maximum absolute atomic E-state index is 13.0. The van der Waals surface area contributed by atoms with Crippen LogP contribution in [0.5, 0.6) is 0 Å². The molecule has 2 aromatic rings. The molecule has 22 heavy (non-hydrogen) atoms. The molecular formula is C14H13FN4O3. The number of carbonyl (C=O) groups is 2. The first-order valence-electron chi connectivity index (χ1n) is 6.66. The highest BCUT2D eigenvalue weighted by Gasteiger charge is 2.43. The van der Waals surface area contributed by atoms with Crippen LogP contribution >= 0.6 is 0 Å². The van der Waals surface area contributed by atoms with Crippen LogP contribution in [0.1, 0.15) is 18.6 Å². The zero-order valence-electron chi connectivity index (χ0n) is 12.0. The Bertz CT molecular complexity index is 728. The van der Waals surface area contributed by atoms with Gasteiger partial charge >= 0.3 is 6.03 Å². The van der Waals surface area contributed by atoms with E-state index < -0.39 is 17.9 Å². The third kappa shape index (κ3) is 2.32. The summed E-state index contributed by atoms with van der Waals surface area (Å²) < 4.78 is 17.9. The van der Waals surface area contributed by atoms with Crippen molar-refractivity contribution in [2.75, 3.05) is 4.90 Å². The van der Waals surface area contributed by atoms with E-state index in [0.29, 0.717) is 11.5 Å². The van der Waals surface area contributed by atoms with Gasteiger partial charge in [-0.05, 0) is 38.1 Å². The van der Waals surface area contributed by atoms with E-state index >= 15 is 0 Å². The Labute approximate surface area is 125 Å². The van der Waals surface area contributed by atoms with Gasteiger partial charge in [-0.1, -0.05) is 5.16 Å². The number of rotatable bonds is 3. The predicted molar refractivity (Wildman–Crippen MR) is 73.3 cm³/mol. The summed E-state index contributed by atoms with van der Waals surface area (Å²) in [6.07, 6.45) is 0. The third-order valence-electron chi connectivity index (χ3n) is 3.42. The molecule has 1 fully saturated rings. The molecule has 1 aromatic heterocycles. The molecule has 3 rings (SSSR count). The molecule has 2 heterocycles. The lowest BCUT2D eigenvalue weighted by Gasteiger charge is -2.18. The molecule has 7 nitrogen and oxygen atoms in total. The maximum atomic E-state index is 13.0. The van der Waals surface area contributed by atoms with Crippen LogP contribution in [-0.2, 0) is 11.3 Å². The second-order valence-electron chi connectivity index (χ2n) is 4.96. The lowest BCUT2D eigenvalue weighted by molar-refractivity contribution is -0.127. The standard InChI is InChI=1S/C14H13FN4O3/c1-8-13(20)18(7-12-16-9(2)17-22-12)14(21)19(8)11-5-3-10(15)4-6-11/h3-6,8H,7H2,1-2H3/t8-/m0/s1. The van der Waals surface area contributed by atoms with Crippen molar-refractivity contribution in [1.29, 1.82) is 0 Å². The van der Waals surface area contributed by atoms with Crippen molar-refractivity contribution < 1.29 is 18.5 Å². The smallest absolute Gasteiger partial charge is 0.332 e. The van der Waals surface area contributed by atoms with Gasteiger partial charge in [-0.3, -0.25) is 14.6 Å². The van der Waals surface area contributed by atoms with Gasteiger partial charge in [0.05, 0.1) is 0 Å². The van der Waals surface area contributed by atoms with Crippen LogP contribution in [0.3, 0.4) is 0 Å². The second-order valence-corrected chi connectivity index (χ2v) is 4.96. The van der Waals surface area contributed by atoms with Gasteiger partial charge < -0.3 is 4.52 Å². The van der Waals surface area contributed by atoms with Gasteiger partial charge in [0, 0.05) is 5.69 Å². The van der Waals surface area contributed by atoms with E-state index in [0.717, 1.165) is 4.90 Å². The number of halogens is 1. The topological polar surface area (TPSA) is 79.5 Å². The molecule has 1 aromatic carbocycles. The zero-order chi connectivity index (χ0) is 15.9. The first-order valence-corrected chi connectivity index (χ1v) is 6.66. The SMILES string of the molecule is Cc1noc(CN2C(=O)[C@H](C)N(c3ccc(F)cc3)C2=O)n1. The summed E-state index contributed by atoms with van der Waals surface area (Å²) in [5.74, 6) is -0.164. The molecule has 0 aliphatic carbocycles. The van der Waals surface area contributed by atoms with Crippen LogP contribution in [0.2, 0.25) is 0 Å². The number of carbonyl (C=O) groups excluding carboxylic acids is 2. The molecule has 0 unspecified atom stereocenters. The number of hydrogen-bond acceptors (Lipinski definition) is 5. The number of amides is 3. The van der Waals surface area contributed by atoms with Gasteiger partial charge in [-0.2, -0.15) is 4.98 Å². The minimum atomic E-state index is -0.679. The summed E-state index contributed by atoms with van der Waals surface area (Å²) >= 11 is 0. The summed E-state index contributed by atoms with van der Waals surface area (Å²) in [4.78, 5) is 31.1. The predicted octanol–water partition coefficient (Wildman–Crippen LogP) is 1.87. The monoisotopic (exact) mass is 304 g/mol. The Balaban J connectivity index is 1.87. The molecule has 0 radical (unpaired) electrons. The highest BCUT2D eigenvalue weighted by atomic mass is 19.1. The van der Waals surface area contributed by atoms with E-state index in [1.165, 1.54) is 29.2 Å². The van der Waals surface area contributed by atoms with E-state index in [4.69, 9.17) is 4.52 Å². The van der Waals surface area contributed by atoms with Crippen molar-refractivity contribution in [3.8, 4) is 0 Å². The third-order valence-corrected chi connectivity index (χ3v) is 3.42. The van der Waals surface area contributed by atoms with E-state index in [-0.39, 0.29) is 18.3 Å². The summed E-state index contributed by atoms with van der Waals surface area (Å²) in [6, 6.07) is 4.21. The fourth-order valence-electron chi connectivity index (χ4n) is 2.35. The number of aromatic nitrogens is 2.